The lowest BCUT2D eigenvalue weighted by molar-refractivity contribution is -0.145. The molecule has 410 valence electrons. The van der Waals surface area contributed by atoms with E-state index in [0.717, 1.165) is 69.8 Å². The van der Waals surface area contributed by atoms with Gasteiger partial charge in [-0.3, -0.25) is 28.9 Å². The van der Waals surface area contributed by atoms with Crippen molar-refractivity contribution in [2.45, 2.75) is 167 Å². The molecule has 5 amide bonds. The van der Waals surface area contributed by atoms with Crippen molar-refractivity contribution in [3.63, 3.8) is 0 Å². The second kappa shape index (κ2) is 24.7. The molecule has 1 saturated heterocycles. The minimum atomic E-state index is -1.98. The van der Waals surface area contributed by atoms with Gasteiger partial charge in [0.05, 0.1) is 53.2 Å². The molecule has 7 atom stereocenters. The number of amides is 5. The Morgan fingerprint density at radius 2 is 1.71 bits per heavy atom. The number of aliphatic hydroxyl groups excluding tert-OH is 2. The van der Waals surface area contributed by atoms with Crippen molar-refractivity contribution in [1.82, 2.24) is 25.8 Å². The van der Waals surface area contributed by atoms with Crippen molar-refractivity contribution in [3.05, 3.63) is 99.7 Å². The van der Waals surface area contributed by atoms with E-state index in [1.165, 1.54) is 16.2 Å². The van der Waals surface area contributed by atoms with Gasteiger partial charge in [0.2, 0.25) is 23.6 Å². The number of nitrogens with one attached hydrogen (secondary N) is 3. The number of nitrogens with two attached hydrogens (primary N) is 1. The summed E-state index contributed by atoms with van der Waals surface area (Å²) >= 11 is 1.51. The van der Waals surface area contributed by atoms with Crippen LogP contribution in [-0.4, -0.2) is 124 Å². The molecular weight excluding hydrogens is 994 g/mol. The smallest absolute Gasteiger partial charge is 0.258 e. The van der Waals surface area contributed by atoms with Crippen molar-refractivity contribution in [2.75, 3.05) is 31.3 Å². The predicted octanol–water partition coefficient (Wildman–Crippen LogP) is 5.50. The Morgan fingerprint density at radius 1 is 0.961 bits per heavy atom. The van der Waals surface area contributed by atoms with Crippen LogP contribution < -0.4 is 31.3 Å². The van der Waals surface area contributed by atoms with Gasteiger partial charge >= 0.3 is 0 Å². The fourth-order valence-electron chi connectivity index (χ4n) is 10.3. The first kappa shape index (κ1) is 56.4. The van der Waals surface area contributed by atoms with Crippen LogP contribution in [-0.2, 0) is 65.9 Å². The first-order chi connectivity index (χ1) is 36.3. The van der Waals surface area contributed by atoms with E-state index in [9.17, 15) is 38.6 Å². The third kappa shape index (κ3) is 13.8. The number of para-hydroxylation sites is 1. The molecule has 4 heterocycles. The molecule has 8 rings (SSSR count). The fourth-order valence-corrected chi connectivity index (χ4v) is 11.1. The minimum absolute atomic E-state index is 0.0101. The van der Waals surface area contributed by atoms with Gasteiger partial charge in [-0.25, -0.2) is 9.37 Å². The molecule has 76 heavy (non-hydrogen) atoms. The number of hydrogen-bond donors (Lipinski definition) is 6. The standard InChI is InChI=1S/C57H74FN7O10S/c1-34-50(76-33-61-34)40-18-19-41(30-60-52(69)44-29-42(66)31-64(44)54(71)51(56(3,4)5)63-55(72)57(58)22-23-57)46(28-40)74-26-25-73-24-8-9-36-14-16-37(17-15-36)32-75-35(2)43(20-21-47(59)67)62-53(70)45-27-39-12-6-10-38-11-7-13-48(68)65(45)49(38)39/h6,10,12,14-19,28,33,35,42-45,47,51,66-67H,7-9,11,13,20-27,29-32,59H2,1-5H3,(H,60,69)(H,62,70)(H,63,72)/t35-,42-,43+,44+,45+,47?,51-/m1/s1. The molecule has 4 aliphatic rings. The van der Waals surface area contributed by atoms with E-state index in [0.29, 0.717) is 50.4 Å². The Morgan fingerprint density at radius 3 is 2.42 bits per heavy atom. The number of aliphatic hydroxyl groups is 2. The van der Waals surface area contributed by atoms with Crippen LogP contribution in [0.1, 0.15) is 113 Å². The lowest BCUT2D eigenvalue weighted by Crippen LogP contribution is -2.59. The SMILES string of the molecule is Cc1ncsc1-c1ccc(CNC(=O)[C@@H]2C[C@@H](O)CN2C(=O)[C@@H](NC(=O)C2(F)CC2)C(C)(C)C)c(OCCOCCCc2ccc(CO[C@H](C)[C@H](CCC(N)O)NC(=O)[C@@H]3Cc4cccc5c4N3C(=O)CCC5)cc2)c1. The molecular formula is C57H74FN7O10S. The summed E-state index contributed by atoms with van der Waals surface area (Å²) in [6.45, 7) is 10.4. The highest BCUT2D eigenvalue weighted by Crippen LogP contribution is 2.41. The molecule has 1 unspecified atom stereocenters. The van der Waals surface area contributed by atoms with E-state index in [1.54, 1.807) is 31.2 Å². The molecule has 1 saturated carbocycles. The van der Waals surface area contributed by atoms with Gasteiger partial charge in [0.25, 0.3) is 5.91 Å². The highest BCUT2D eigenvalue weighted by Gasteiger charge is 2.53. The summed E-state index contributed by atoms with van der Waals surface area (Å²) in [6, 6.07) is 16.7. The van der Waals surface area contributed by atoms with E-state index in [2.05, 4.69) is 33.1 Å². The lowest BCUT2D eigenvalue weighted by atomic mass is 9.85. The van der Waals surface area contributed by atoms with Gasteiger partial charge < -0.3 is 51.0 Å². The highest BCUT2D eigenvalue weighted by atomic mass is 32.1. The Balaban J connectivity index is 0.796. The van der Waals surface area contributed by atoms with Crippen molar-refractivity contribution < 1.29 is 52.8 Å². The van der Waals surface area contributed by atoms with Crippen LogP contribution in [0, 0.1) is 12.3 Å². The monoisotopic (exact) mass is 1070 g/mol. The number of carbonyl (C=O) groups excluding carboxylic acids is 5. The number of anilines is 1. The molecule has 4 aromatic rings. The summed E-state index contributed by atoms with van der Waals surface area (Å²) in [7, 11) is 0. The quantitative estimate of drug-likeness (QED) is 0.0377. The summed E-state index contributed by atoms with van der Waals surface area (Å²) in [5, 5.41) is 29.3. The maximum atomic E-state index is 14.7. The van der Waals surface area contributed by atoms with Gasteiger partial charge in [-0.05, 0) is 105 Å². The maximum absolute atomic E-state index is 14.7. The molecule has 7 N–H and O–H groups in total. The average molecular weight is 1070 g/mol. The van der Waals surface area contributed by atoms with Crippen LogP contribution in [0.4, 0.5) is 10.1 Å². The van der Waals surface area contributed by atoms with Gasteiger partial charge in [-0.2, -0.15) is 0 Å². The van der Waals surface area contributed by atoms with E-state index in [4.69, 9.17) is 19.9 Å². The normalized spacial score (nSPS) is 20.3. The van der Waals surface area contributed by atoms with Gasteiger partial charge in [0.15, 0.2) is 5.67 Å². The van der Waals surface area contributed by atoms with Crippen LogP contribution in [0.2, 0.25) is 0 Å². The number of carbonyl (C=O) groups is 5. The molecule has 2 fully saturated rings. The molecule has 3 aliphatic heterocycles. The Kier molecular flexibility index (Phi) is 18.3. The van der Waals surface area contributed by atoms with Crippen molar-refractivity contribution in [2.24, 2.45) is 11.1 Å². The molecule has 0 bridgehead atoms. The third-order valence-electron chi connectivity index (χ3n) is 14.9. The van der Waals surface area contributed by atoms with Crippen molar-refractivity contribution in [1.29, 1.82) is 0 Å². The Labute approximate surface area is 448 Å². The maximum Gasteiger partial charge on any atom is 0.258 e. The topological polar surface area (TPSA) is 235 Å². The summed E-state index contributed by atoms with van der Waals surface area (Å²) in [6.07, 6.45) is 2.39. The van der Waals surface area contributed by atoms with Crippen molar-refractivity contribution in [3.8, 4) is 16.2 Å². The zero-order chi connectivity index (χ0) is 54.3. The number of rotatable bonds is 24. The molecule has 17 nitrogen and oxygen atoms in total. The van der Waals surface area contributed by atoms with Crippen LogP contribution in [0.25, 0.3) is 10.4 Å². The Hall–Kier alpha value is -5.83. The molecule has 1 aromatic heterocycles. The van der Waals surface area contributed by atoms with E-state index < -0.39 is 71.4 Å². The zero-order valence-electron chi connectivity index (χ0n) is 44.3. The second-order valence-electron chi connectivity index (χ2n) is 21.9. The van der Waals surface area contributed by atoms with Crippen LogP contribution in [0.15, 0.2) is 66.2 Å². The van der Waals surface area contributed by atoms with Gasteiger partial charge in [-0.1, -0.05) is 75.4 Å². The average Bonchev–Trinajstić information content (AvgIpc) is 3.64. The number of hydrogen-bond acceptors (Lipinski definition) is 13. The summed E-state index contributed by atoms with van der Waals surface area (Å²) in [5.41, 5.74) is 12.3. The number of aryl methyl sites for hydroxylation is 3. The molecule has 0 spiro atoms. The number of aromatic nitrogens is 1. The molecule has 0 radical (unpaired) electrons. The molecule has 1 aliphatic carbocycles. The summed E-state index contributed by atoms with van der Waals surface area (Å²) < 4.78 is 33.3. The third-order valence-corrected chi connectivity index (χ3v) is 15.9. The number of halogens is 1. The Bertz CT molecular complexity index is 2710. The minimum Gasteiger partial charge on any atom is -0.491 e. The lowest BCUT2D eigenvalue weighted by Gasteiger charge is -2.35. The van der Waals surface area contributed by atoms with E-state index in [-0.39, 0.29) is 57.2 Å². The second-order valence-corrected chi connectivity index (χ2v) is 22.7. The van der Waals surface area contributed by atoms with E-state index >= 15 is 0 Å². The number of benzene rings is 3. The van der Waals surface area contributed by atoms with Crippen LogP contribution in [0.3, 0.4) is 0 Å². The first-order valence-corrected chi connectivity index (χ1v) is 27.5. The summed E-state index contributed by atoms with van der Waals surface area (Å²) in [5.74, 6) is -1.61. The first-order valence-electron chi connectivity index (χ1n) is 26.7. The van der Waals surface area contributed by atoms with Gasteiger partial charge in [0.1, 0.15) is 36.7 Å². The largest absolute Gasteiger partial charge is 0.491 e. The fraction of sp³-hybridized carbons (Fsp3) is 0.544. The predicted molar refractivity (Wildman–Crippen MR) is 286 cm³/mol. The van der Waals surface area contributed by atoms with Gasteiger partial charge in [0, 0.05) is 44.5 Å². The van der Waals surface area contributed by atoms with E-state index in [1.807, 2.05) is 62.4 Å². The number of ether oxygens (including phenoxy) is 3. The van der Waals surface area contributed by atoms with Crippen molar-refractivity contribution >= 4 is 46.6 Å². The number of likely N-dealkylation sites (tertiary alicyclic amines) is 1. The van der Waals surface area contributed by atoms with Gasteiger partial charge in [-0.15, -0.1) is 11.3 Å². The number of β-amino-alcohol motifs (C(OH)–C–C–N with tert-alkyl or cyclic N) is 1. The number of thiazole rings is 1. The number of nitrogens with zero attached hydrogens (tertiary/aromatic N) is 3. The molecule has 3 aromatic carbocycles. The number of alkyl halides is 1. The molecule has 19 heteroatoms. The van der Waals surface area contributed by atoms with Crippen LogP contribution >= 0.6 is 11.3 Å². The van der Waals surface area contributed by atoms with Crippen LogP contribution in [0.5, 0.6) is 5.75 Å². The highest BCUT2D eigenvalue weighted by molar-refractivity contribution is 7.13. The zero-order valence-corrected chi connectivity index (χ0v) is 45.1. The summed E-state index contributed by atoms with van der Waals surface area (Å²) in [4.78, 5) is 76.0.